The van der Waals surface area contributed by atoms with Crippen molar-refractivity contribution in [2.75, 3.05) is 33.9 Å². The fourth-order valence-corrected chi connectivity index (χ4v) is 3.65. The van der Waals surface area contributed by atoms with Gasteiger partial charge in [0.2, 0.25) is 0 Å². The van der Waals surface area contributed by atoms with Gasteiger partial charge in [0.1, 0.15) is 0 Å². The summed E-state index contributed by atoms with van der Waals surface area (Å²) in [4.78, 5) is 38.9. The Bertz CT molecular complexity index is 1040. The minimum absolute atomic E-state index is 0.148. The van der Waals surface area contributed by atoms with Gasteiger partial charge >= 0.3 is 12.1 Å². The normalized spacial score (nSPS) is 14.4. The molecule has 2 aromatic rings. The quantitative estimate of drug-likeness (QED) is 0.441. The average molecular weight is 479 g/mol. The molecule has 0 spiro atoms. The Morgan fingerprint density at radius 1 is 0.912 bits per heavy atom. The van der Waals surface area contributed by atoms with Crippen LogP contribution in [0, 0.1) is 5.92 Å². The number of nitrogens with zero attached hydrogens (tertiary/aromatic N) is 1. The zero-order valence-corrected chi connectivity index (χ0v) is 18.7. The maximum absolute atomic E-state index is 12.7. The van der Waals surface area contributed by atoms with E-state index >= 15 is 0 Å². The standard InChI is InChI=1S/C24H24F3NO6/c1-32-20-8-5-17(13-21(20)33-2)19(29)14-34-23(31)16-9-11-28(12-10-16)22(30)15-3-6-18(7-4-15)24(25,26)27/h3-8,13,16H,9-12,14H2,1-2H3. The molecule has 0 bridgehead atoms. The summed E-state index contributed by atoms with van der Waals surface area (Å²) >= 11 is 0. The summed E-state index contributed by atoms with van der Waals surface area (Å²) in [7, 11) is 2.92. The number of ether oxygens (including phenoxy) is 3. The number of methoxy groups -OCH3 is 2. The van der Waals surface area contributed by atoms with Crippen LogP contribution in [-0.4, -0.2) is 56.5 Å². The summed E-state index contributed by atoms with van der Waals surface area (Å²) in [6.07, 6.45) is -3.81. The van der Waals surface area contributed by atoms with Crippen molar-refractivity contribution in [3.63, 3.8) is 0 Å². The van der Waals surface area contributed by atoms with Gasteiger partial charge in [-0.25, -0.2) is 0 Å². The third kappa shape index (κ3) is 5.86. The van der Waals surface area contributed by atoms with E-state index in [0.29, 0.717) is 29.9 Å². The molecule has 0 atom stereocenters. The van der Waals surface area contributed by atoms with Crippen LogP contribution in [0.3, 0.4) is 0 Å². The summed E-state index contributed by atoms with van der Waals surface area (Å²) in [6, 6.07) is 8.65. The minimum atomic E-state index is -4.47. The van der Waals surface area contributed by atoms with Crippen molar-refractivity contribution < 1.29 is 41.8 Å². The van der Waals surface area contributed by atoms with E-state index in [1.165, 1.54) is 25.2 Å². The van der Waals surface area contributed by atoms with Gasteiger partial charge in [-0.3, -0.25) is 14.4 Å². The van der Waals surface area contributed by atoms with Crippen LogP contribution in [0.1, 0.15) is 39.1 Å². The number of carbonyl (C=O) groups is 3. The second-order valence-corrected chi connectivity index (χ2v) is 7.74. The summed E-state index contributed by atoms with van der Waals surface area (Å²) in [5, 5.41) is 0. The van der Waals surface area contributed by atoms with E-state index in [2.05, 4.69) is 0 Å². The lowest BCUT2D eigenvalue weighted by atomic mass is 9.96. The number of alkyl halides is 3. The number of benzene rings is 2. The number of piperidine rings is 1. The van der Waals surface area contributed by atoms with Gasteiger partial charge in [0.25, 0.3) is 5.91 Å². The Balaban J connectivity index is 1.50. The predicted molar refractivity (Wildman–Crippen MR) is 115 cm³/mol. The lowest BCUT2D eigenvalue weighted by Gasteiger charge is -2.31. The smallest absolute Gasteiger partial charge is 0.416 e. The highest BCUT2D eigenvalue weighted by Crippen LogP contribution is 2.30. The highest BCUT2D eigenvalue weighted by Gasteiger charge is 2.32. The molecule has 1 aliphatic heterocycles. The molecule has 1 fully saturated rings. The summed E-state index contributed by atoms with van der Waals surface area (Å²) in [5.74, 6) is -0.961. The first-order chi connectivity index (χ1) is 16.1. The summed E-state index contributed by atoms with van der Waals surface area (Å²) in [5.41, 5.74) is -0.370. The molecule has 34 heavy (non-hydrogen) atoms. The average Bonchev–Trinajstić information content (AvgIpc) is 2.85. The number of Topliss-reactive ketones (excluding diaryl/α,β-unsaturated/α-hetero) is 1. The van der Waals surface area contributed by atoms with Gasteiger partial charge in [-0.15, -0.1) is 0 Å². The van der Waals surface area contributed by atoms with Crippen LogP contribution in [-0.2, 0) is 15.7 Å². The van der Waals surface area contributed by atoms with Crippen molar-refractivity contribution >= 4 is 17.7 Å². The second kappa shape index (κ2) is 10.6. The molecule has 0 unspecified atom stereocenters. The topological polar surface area (TPSA) is 82.1 Å². The Morgan fingerprint density at radius 3 is 2.06 bits per heavy atom. The van der Waals surface area contributed by atoms with Crippen molar-refractivity contribution in [1.29, 1.82) is 0 Å². The summed E-state index contributed by atoms with van der Waals surface area (Å²) in [6.45, 7) is 0.0749. The van der Waals surface area contributed by atoms with Crippen LogP contribution >= 0.6 is 0 Å². The van der Waals surface area contributed by atoms with Gasteiger partial charge in [0.05, 0.1) is 25.7 Å². The van der Waals surface area contributed by atoms with Gasteiger partial charge < -0.3 is 19.1 Å². The number of likely N-dealkylation sites (tertiary alicyclic amines) is 1. The Labute approximate surface area is 194 Å². The van der Waals surface area contributed by atoms with Crippen LogP contribution in [0.4, 0.5) is 13.2 Å². The highest BCUT2D eigenvalue weighted by molar-refractivity contribution is 5.98. The number of esters is 1. The van der Waals surface area contributed by atoms with Gasteiger partial charge in [0.15, 0.2) is 23.9 Å². The van der Waals surface area contributed by atoms with Crippen molar-refractivity contribution in [3.8, 4) is 11.5 Å². The molecule has 0 N–H and O–H groups in total. The molecule has 1 heterocycles. The molecule has 0 radical (unpaired) electrons. The molecule has 2 aromatic carbocycles. The van der Waals surface area contributed by atoms with Crippen molar-refractivity contribution in [2.24, 2.45) is 5.92 Å². The highest BCUT2D eigenvalue weighted by atomic mass is 19.4. The summed E-state index contributed by atoms with van der Waals surface area (Å²) < 4.78 is 53.6. The van der Waals surface area contributed by atoms with Gasteiger partial charge in [-0.1, -0.05) is 0 Å². The first kappa shape index (κ1) is 25.1. The van der Waals surface area contributed by atoms with Crippen molar-refractivity contribution in [2.45, 2.75) is 19.0 Å². The maximum atomic E-state index is 12.7. The number of halogens is 3. The zero-order valence-electron chi connectivity index (χ0n) is 18.7. The number of amides is 1. The number of rotatable bonds is 7. The van der Waals surface area contributed by atoms with E-state index in [1.54, 1.807) is 12.1 Å². The predicted octanol–water partition coefficient (Wildman–Crippen LogP) is 4.00. The lowest BCUT2D eigenvalue weighted by molar-refractivity contribution is -0.148. The Morgan fingerprint density at radius 2 is 1.50 bits per heavy atom. The largest absolute Gasteiger partial charge is 0.493 e. The number of hydrogen-bond donors (Lipinski definition) is 0. The van der Waals surface area contributed by atoms with Crippen LogP contribution in [0.15, 0.2) is 42.5 Å². The minimum Gasteiger partial charge on any atom is -0.493 e. The Kier molecular flexibility index (Phi) is 7.80. The Hall–Kier alpha value is -3.56. The van der Waals surface area contributed by atoms with E-state index in [1.807, 2.05) is 0 Å². The molecule has 7 nitrogen and oxygen atoms in total. The van der Waals surface area contributed by atoms with Gasteiger partial charge in [-0.2, -0.15) is 13.2 Å². The van der Waals surface area contributed by atoms with E-state index in [0.717, 1.165) is 24.3 Å². The lowest BCUT2D eigenvalue weighted by Crippen LogP contribution is -2.40. The van der Waals surface area contributed by atoms with Crippen molar-refractivity contribution in [3.05, 3.63) is 59.2 Å². The third-order valence-corrected chi connectivity index (χ3v) is 5.63. The molecule has 0 aliphatic carbocycles. The molecular formula is C24H24F3NO6. The third-order valence-electron chi connectivity index (χ3n) is 5.63. The maximum Gasteiger partial charge on any atom is 0.416 e. The van der Waals surface area contributed by atoms with E-state index in [9.17, 15) is 27.6 Å². The number of carbonyl (C=O) groups excluding carboxylic acids is 3. The molecular weight excluding hydrogens is 455 g/mol. The molecule has 10 heteroatoms. The monoisotopic (exact) mass is 479 g/mol. The molecule has 1 saturated heterocycles. The number of ketones is 1. The fraction of sp³-hybridized carbons (Fsp3) is 0.375. The molecule has 3 rings (SSSR count). The van der Waals surface area contributed by atoms with E-state index in [4.69, 9.17) is 14.2 Å². The van der Waals surface area contributed by atoms with Crippen LogP contribution in [0.25, 0.3) is 0 Å². The number of hydrogen-bond acceptors (Lipinski definition) is 6. The fourth-order valence-electron chi connectivity index (χ4n) is 3.65. The molecule has 1 aliphatic rings. The first-order valence-corrected chi connectivity index (χ1v) is 10.5. The van der Waals surface area contributed by atoms with Crippen LogP contribution < -0.4 is 9.47 Å². The molecule has 1 amide bonds. The molecule has 0 saturated carbocycles. The van der Waals surface area contributed by atoms with E-state index < -0.39 is 41.9 Å². The molecule has 0 aromatic heterocycles. The van der Waals surface area contributed by atoms with Gasteiger partial charge in [0, 0.05) is 24.2 Å². The van der Waals surface area contributed by atoms with E-state index in [-0.39, 0.29) is 18.7 Å². The van der Waals surface area contributed by atoms with Crippen LogP contribution in [0.2, 0.25) is 0 Å². The molecule has 182 valence electrons. The SMILES string of the molecule is COc1ccc(C(=O)COC(=O)C2CCN(C(=O)c3ccc(C(F)(F)F)cc3)CC2)cc1OC. The second-order valence-electron chi connectivity index (χ2n) is 7.74. The van der Waals surface area contributed by atoms with Crippen LogP contribution in [0.5, 0.6) is 11.5 Å². The first-order valence-electron chi connectivity index (χ1n) is 10.5. The zero-order chi connectivity index (χ0) is 24.9. The van der Waals surface area contributed by atoms with Crippen molar-refractivity contribution in [1.82, 2.24) is 4.90 Å². The van der Waals surface area contributed by atoms with Gasteiger partial charge in [-0.05, 0) is 55.3 Å².